The van der Waals surface area contributed by atoms with Crippen LogP contribution in [0.5, 0.6) is 0 Å². The quantitative estimate of drug-likeness (QED) is 0.798. The van der Waals surface area contributed by atoms with Crippen LogP contribution in [0.1, 0.15) is 50.8 Å². The highest BCUT2D eigenvalue weighted by Gasteiger charge is 2.45. The topological polar surface area (TPSA) is 48.4 Å². The lowest BCUT2D eigenvalue weighted by Gasteiger charge is -2.43. The number of aromatic nitrogens is 1. The van der Waals surface area contributed by atoms with Gasteiger partial charge in [0.15, 0.2) is 0 Å². The zero-order chi connectivity index (χ0) is 16.4. The molecule has 2 bridgehead atoms. The molecular weight excluding hydrogens is 290 g/mol. The summed E-state index contributed by atoms with van der Waals surface area (Å²) in [6.07, 6.45) is 7.73. The molecule has 3 rings (SSSR count). The van der Waals surface area contributed by atoms with Crippen LogP contribution in [0, 0.1) is 12.8 Å². The molecule has 1 aliphatic heterocycles. The van der Waals surface area contributed by atoms with Crippen molar-refractivity contribution in [1.29, 1.82) is 0 Å². The maximum atomic E-state index is 12.5. The standard InChI is InChI=1S/C19H25NO3/c1-13-7-9-15(11-20-13)12-22-19(3)16-5-4-6-17(19)18(21)23-14(2)8-10-16/h6-7,9,11,14,16H,4-5,8,10,12H2,1-3H3/t14-,16?,19-/m0/s1. The molecule has 2 aliphatic rings. The first-order valence-electron chi connectivity index (χ1n) is 8.46. The van der Waals surface area contributed by atoms with Crippen LogP contribution in [0.25, 0.3) is 0 Å². The maximum absolute atomic E-state index is 12.5. The number of nitrogens with zero attached hydrogens (tertiary/aromatic N) is 1. The minimum atomic E-state index is -0.569. The molecule has 1 aliphatic carbocycles. The Morgan fingerprint density at radius 2 is 2.17 bits per heavy atom. The Kier molecular flexibility index (Phi) is 4.53. The Balaban J connectivity index is 1.82. The summed E-state index contributed by atoms with van der Waals surface area (Å²) in [6.45, 7) is 6.44. The molecule has 0 saturated carbocycles. The molecule has 1 unspecified atom stereocenters. The van der Waals surface area contributed by atoms with Crippen LogP contribution in [0.3, 0.4) is 0 Å². The van der Waals surface area contributed by atoms with E-state index < -0.39 is 5.60 Å². The van der Waals surface area contributed by atoms with E-state index in [1.54, 1.807) is 0 Å². The molecule has 4 nitrogen and oxygen atoms in total. The summed E-state index contributed by atoms with van der Waals surface area (Å²) in [5.74, 6) is 0.141. The zero-order valence-corrected chi connectivity index (χ0v) is 14.2. The lowest BCUT2D eigenvalue weighted by atomic mass is 9.72. The molecule has 2 heterocycles. The van der Waals surface area contributed by atoms with Crippen molar-refractivity contribution in [2.45, 2.75) is 64.8 Å². The minimum Gasteiger partial charge on any atom is -0.459 e. The van der Waals surface area contributed by atoms with Gasteiger partial charge < -0.3 is 9.47 Å². The molecule has 0 amide bonds. The summed E-state index contributed by atoms with van der Waals surface area (Å²) in [5, 5.41) is 0. The Hall–Kier alpha value is -1.68. The number of rotatable bonds is 3. The maximum Gasteiger partial charge on any atom is 0.336 e. The molecule has 4 heteroatoms. The first-order valence-corrected chi connectivity index (χ1v) is 8.46. The van der Waals surface area contributed by atoms with Gasteiger partial charge in [-0.25, -0.2) is 4.79 Å². The molecule has 0 N–H and O–H groups in total. The Morgan fingerprint density at radius 1 is 1.35 bits per heavy atom. The molecule has 1 saturated heterocycles. The average molecular weight is 315 g/mol. The number of cyclic esters (lactones) is 1. The number of allylic oxidation sites excluding steroid dienone is 1. The average Bonchev–Trinajstić information content (AvgIpc) is 2.53. The van der Waals surface area contributed by atoms with Crippen LogP contribution < -0.4 is 0 Å². The zero-order valence-electron chi connectivity index (χ0n) is 14.2. The second kappa shape index (κ2) is 6.44. The van der Waals surface area contributed by atoms with Crippen molar-refractivity contribution in [3.63, 3.8) is 0 Å². The van der Waals surface area contributed by atoms with Crippen molar-refractivity contribution >= 4 is 5.97 Å². The van der Waals surface area contributed by atoms with E-state index in [1.165, 1.54) is 0 Å². The first-order chi connectivity index (χ1) is 11.0. The van der Waals surface area contributed by atoms with Gasteiger partial charge in [-0.2, -0.15) is 0 Å². The lowest BCUT2D eigenvalue weighted by Crippen LogP contribution is -2.47. The summed E-state index contributed by atoms with van der Waals surface area (Å²) in [5.41, 5.74) is 2.14. The van der Waals surface area contributed by atoms with Crippen molar-refractivity contribution in [3.8, 4) is 0 Å². The summed E-state index contributed by atoms with van der Waals surface area (Å²) in [4.78, 5) is 16.8. The van der Waals surface area contributed by atoms with Crippen molar-refractivity contribution < 1.29 is 14.3 Å². The lowest BCUT2D eigenvalue weighted by molar-refractivity contribution is -0.154. The second-order valence-electron chi connectivity index (χ2n) is 6.89. The van der Waals surface area contributed by atoms with Gasteiger partial charge in [0.2, 0.25) is 0 Å². The molecule has 23 heavy (non-hydrogen) atoms. The first kappa shape index (κ1) is 16.2. The fourth-order valence-corrected chi connectivity index (χ4v) is 3.59. The van der Waals surface area contributed by atoms with E-state index in [0.29, 0.717) is 18.1 Å². The van der Waals surface area contributed by atoms with Crippen LogP contribution >= 0.6 is 0 Å². The van der Waals surface area contributed by atoms with Gasteiger partial charge in [0.1, 0.15) is 5.60 Å². The van der Waals surface area contributed by atoms with Gasteiger partial charge >= 0.3 is 5.97 Å². The normalized spacial score (nSPS) is 30.9. The van der Waals surface area contributed by atoms with Crippen LogP contribution in [-0.2, 0) is 20.9 Å². The van der Waals surface area contributed by atoms with E-state index in [9.17, 15) is 4.79 Å². The highest BCUT2D eigenvalue weighted by atomic mass is 16.5. The number of pyridine rings is 1. The van der Waals surface area contributed by atoms with Crippen LogP contribution in [0.4, 0.5) is 0 Å². The molecule has 1 aromatic heterocycles. The number of hydrogen-bond donors (Lipinski definition) is 0. The minimum absolute atomic E-state index is 0.0163. The molecule has 3 atom stereocenters. The van der Waals surface area contributed by atoms with Crippen LogP contribution in [0.2, 0.25) is 0 Å². The van der Waals surface area contributed by atoms with E-state index in [4.69, 9.17) is 9.47 Å². The third kappa shape index (κ3) is 3.32. The van der Waals surface area contributed by atoms with Gasteiger partial charge in [-0.05, 0) is 64.0 Å². The summed E-state index contributed by atoms with van der Waals surface area (Å²) in [6, 6.07) is 4.01. The number of carbonyl (C=O) groups is 1. The van der Waals surface area contributed by atoms with Gasteiger partial charge in [0.05, 0.1) is 18.3 Å². The number of carbonyl (C=O) groups excluding carboxylic acids is 1. The van der Waals surface area contributed by atoms with Crippen molar-refractivity contribution in [3.05, 3.63) is 41.2 Å². The third-order valence-electron chi connectivity index (χ3n) is 5.14. The van der Waals surface area contributed by atoms with Crippen molar-refractivity contribution in [2.75, 3.05) is 0 Å². The van der Waals surface area contributed by atoms with Gasteiger partial charge in [-0.1, -0.05) is 12.1 Å². The SMILES string of the molecule is Cc1ccc(CO[C@]2(C)C3=CCCC2CC[C@H](C)OC3=O)cn1. The number of aryl methyl sites for hydroxylation is 1. The van der Waals surface area contributed by atoms with Crippen LogP contribution in [-0.4, -0.2) is 22.7 Å². The number of hydrogen-bond acceptors (Lipinski definition) is 4. The Labute approximate surface area is 137 Å². The fourth-order valence-electron chi connectivity index (χ4n) is 3.59. The van der Waals surface area contributed by atoms with Crippen LogP contribution in [0.15, 0.2) is 30.0 Å². The largest absolute Gasteiger partial charge is 0.459 e. The highest BCUT2D eigenvalue weighted by Crippen LogP contribution is 2.43. The number of esters is 1. The van der Waals surface area contributed by atoms with E-state index in [-0.39, 0.29) is 12.1 Å². The van der Waals surface area contributed by atoms with Crippen molar-refractivity contribution in [1.82, 2.24) is 4.98 Å². The molecule has 0 aromatic carbocycles. The van der Waals surface area contributed by atoms with Gasteiger partial charge in [-0.3, -0.25) is 4.98 Å². The Morgan fingerprint density at radius 3 is 2.91 bits per heavy atom. The predicted molar refractivity (Wildman–Crippen MR) is 87.8 cm³/mol. The van der Waals surface area contributed by atoms with E-state index in [2.05, 4.69) is 4.98 Å². The third-order valence-corrected chi connectivity index (χ3v) is 5.14. The number of ether oxygens (including phenoxy) is 2. The van der Waals surface area contributed by atoms with Gasteiger partial charge in [0.25, 0.3) is 0 Å². The van der Waals surface area contributed by atoms with E-state index in [0.717, 1.165) is 36.9 Å². The van der Waals surface area contributed by atoms with Crippen molar-refractivity contribution in [2.24, 2.45) is 5.92 Å². The second-order valence-corrected chi connectivity index (χ2v) is 6.89. The predicted octanol–water partition coefficient (Wildman–Crippen LogP) is 3.73. The Bertz CT molecular complexity index is 608. The molecule has 0 spiro atoms. The molecule has 1 fully saturated rings. The molecule has 1 aromatic rings. The van der Waals surface area contributed by atoms with E-state index >= 15 is 0 Å². The molecule has 124 valence electrons. The van der Waals surface area contributed by atoms with Gasteiger partial charge in [-0.15, -0.1) is 0 Å². The molecular formula is C19H25NO3. The highest BCUT2D eigenvalue weighted by molar-refractivity contribution is 5.91. The summed E-state index contributed by atoms with van der Waals surface area (Å²) < 4.78 is 11.8. The van der Waals surface area contributed by atoms with Gasteiger partial charge in [0, 0.05) is 11.9 Å². The fraction of sp³-hybridized carbons (Fsp3) is 0.579. The smallest absolute Gasteiger partial charge is 0.336 e. The van der Waals surface area contributed by atoms with E-state index in [1.807, 2.05) is 45.2 Å². The number of fused-ring (bicyclic) bond motifs is 2. The molecule has 0 radical (unpaired) electrons. The summed E-state index contributed by atoms with van der Waals surface area (Å²) >= 11 is 0. The summed E-state index contributed by atoms with van der Waals surface area (Å²) in [7, 11) is 0. The monoisotopic (exact) mass is 315 g/mol.